The van der Waals surface area contributed by atoms with Crippen LogP contribution >= 0.6 is 11.3 Å². The Morgan fingerprint density at radius 2 is 2.27 bits per heavy atom. The Balaban J connectivity index is 1.74. The number of piperidine rings is 1. The SMILES string of the molecule is COC(=O)[C@@H]1C[C@@H]2[C@H](CC[C@@H](C)N2C(=O)Cc2ccsc2)O1. The number of carbonyl (C=O) groups excluding carboxylic acids is 2. The molecule has 2 aliphatic rings. The maximum absolute atomic E-state index is 12.7. The number of carbonyl (C=O) groups is 2. The number of fused-ring (bicyclic) bond motifs is 1. The average molecular weight is 323 g/mol. The number of ether oxygens (including phenoxy) is 2. The first-order valence-corrected chi connectivity index (χ1v) is 8.60. The monoisotopic (exact) mass is 323 g/mol. The van der Waals surface area contributed by atoms with Gasteiger partial charge in [-0.3, -0.25) is 4.79 Å². The Morgan fingerprint density at radius 3 is 2.95 bits per heavy atom. The molecule has 0 aliphatic carbocycles. The summed E-state index contributed by atoms with van der Waals surface area (Å²) in [5.74, 6) is -0.220. The Bertz CT molecular complexity index is 544. The molecule has 2 aliphatic heterocycles. The molecule has 0 saturated carbocycles. The minimum atomic E-state index is -0.540. The van der Waals surface area contributed by atoms with Crippen LogP contribution in [0.25, 0.3) is 0 Å². The van der Waals surface area contributed by atoms with E-state index in [9.17, 15) is 9.59 Å². The van der Waals surface area contributed by atoms with Gasteiger partial charge >= 0.3 is 5.97 Å². The lowest BCUT2D eigenvalue weighted by molar-refractivity contribution is -0.154. The van der Waals surface area contributed by atoms with E-state index in [1.54, 1.807) is 11.3 Å². The molecule has 3 rings (SSSR count). The van der Waals surface area contributed by atoms with Crippen LogP contribution in [0, 0.1) is 0 Å². The van der Waals surface area contributed by atoms with Gasteiger partial charge in [0.15, 0.2) is 6.10 Å². The molecular formula is C16H21NO4S. The molecule has 2 fully saturated rings. The quantitative estimate of drug-likeness (QED) is 0.799. The van der Waals surface area contributed by atoms with Crippen molar-refractivity contribution in [3.8, 4) is 0 Å². The smallest absolute Gasteiger partial charge is 0.335 e. The second-order valence-corrected chi connectivity index (χ2v) is 6.81. The second kappa shape index (κ2) is 6.38. The molecule has 22 heavy (non-hydrogen) atoms. The topological polar surface area (TPSA) is 55.8 Å². The van der Waals surface area contributed by atoms with E-state index in [4.69, 9.17) is 9.47 Å². The Hall–Kier alpha value is -1.40. The number of hydrogen-bond donors (Lipinski definition) is 0. The number of methoxy groups -OCH3 is 1. The predicted octanol–water partition coefficient (Wildman–Crippen LogP) is 2.00. The van der Waals surface area contributed by atoms with Crippen molar-refractivity contribution >= 4 is 23.2 Å². The van der Waals surface area contributed by atoms with Crippen LogP contribution in [-0.2, 0) is 25.5 Å². The number of hydrogen-bond acceptors (Lipinski definition) is 5. The van der Waals surface area contributed by atoms with E-state index in [1.165, 1.54) is 7.11 Å². The van der Waals surface area contributed by atoms with E-state index >= 15 is 0 Å². The first kappa shape index (κ1) is 15.5. The van der Waals surface area contributed by atoms with Crippen molar-refractivity contribution < 1.29 is 19.1 Å². The van der Waals surface area contributed by atoms with E-state index < -0.39 is 6.10 Å². The fourth-order valence-electron chi connectivity index (χ4n) is 3.53. The molecule has 3 heterocycles. The summed E-state index contributed by atoms with van der Waals surface area (Å²) in [6.07, 6.45) is 2.16. The van der Waals surface area contributed by atoms with E-state index in [-0.39, 0.29) is 30.1 Å². The van der Waals surface area contributed by atoms with Crippen LogP contribution in [0.3, 0.4) is 0 Å². The molecule has 2 saturated heterocycles. The summed E-state index contributed by atoms with van der Waals surface area (Å²) in [5.41, 5.74) is 1.05. The van der Waals surface area contributed by atoms with Crippen LogP contribution in [0.15, 0.2) is 16.8 Å². The van der Waals surface area contributed by atoms with Gasteiger partial charge in [0.05, 0.1) is 25.7 Å². The van der Waals surface area contributed by atoms with Crippen molar-refractivity contribution in [3.63, 3.8) is 0 Å². The first-order chi connectivity index (χ1) is 10.6. The molecule has 0 unspecified atom stereocenters. The Morgan fingerprint density at radius 1 is 1.45 bits per heavy atom. The van der Waals surface area contributed by atoms with Crippen molar-refractivity contribution in [1.29, 1.82) is 0 Å². The zero-order chi connectivity index (χ0) is 15.7. The van der Waals surface area contributed by atoms with E-state index in [0.29, 0.717) is 12.8 Å². The Kier molecular flexibility index (Phi) is 4.49. The van der Waals surface area contributed by atoms with Crippen LogP contribution in [0.1, 0.15) is 31.7 Å². The van der Waals surface area contributed by atoms with Crippen molar-refractivity contribution in [1.82, 2.24) is 4.90 Å². The van der Waals surface area contributed by atoms with E-state index in [1.807, 2.05) is 21.7 Å². The normalized spacial score (nSPS) is 30.9. The third kappa shape index (κ3) is 2.90. The lowest BCUT2D eigenvalue weighted by Crippen LogP contribution is -2.53. The van der Waals surface area contributed by atoms with Crippen LogP contribution < -0.4 is 0 Å². The first-order valence-electron chi connectivity index (χ1n) is 7.65. The minimum Gasteiger partial charge on any atom is -0.467 e. The molecule has 0 radical (unpaired) electrons. The van der Waals surface area contributed by atoms with Crippen LogP contribution in [0.2, 0.25) is 0 Å². The van der Waals surface area contributed by atoms with E-state index in [0.717, 1.165) is 18.4 Å². The van der Waals surface area contributed by atoms with Crippen LogP contribution in [0.4, 0.5) is 0 Å². The molecule has 0 spiro atoms. The summed E-state index contributed by atoms with van der Waals surface area (Å²) in [4.78, 5) is 26.4. The molecular weight excluding hydrogens is 302 g/mol. The van der Waals surface area contributed by atoms with Crippen molar-refractivity contribution in [2.24, 2.45) is 0 Å². The standard InChI is InChI=1S/C16H21NO4S/c1-10-3-4-13-12(8-14(21-13)16(19)20-2)17(10)15(18)7-11-5-6-22-9-11/h5-6,9-10,12-14H,3-4,7-8H2,1-2H3/t10-,12-,13+,14+/m1/s1. The van der Waals surface area contributed by atoms with Crippen LogP contribution in [-0.4, -0.2) is 48.2 Å². The number of rotatable bonds is 3. The number of likely N-dealkylation sites (tertiary alicyclic amines) is 1. The lowest BCUT2D eigenvalue weighted by atomic mass is 9.92. The Labute approximate surface area is 134 Å². The molecule has 0 aromatic carbocycles. The third-order valence-corrected chi connectivity index (χ3v) is 5.34. The average Bonchev–Trinajstić information content (AvgIpc) is 3.15. The van der Waals surface area contributed by atoms with Gasteiger partial charge in [0.1, 0.15) is 0 Å². The second-order valence-electron chi connectivity index (χ2n) is 6.03. The summed E-state index contributed by atoms with van der Waals surface area (Å²) in [6.45, 7) is 2.08. The van der Waals surface area contributed by atoms with Gasteiger partial charge in [-0.15, -0.1) is 0 Å². The zero-order valence-corrected chi connectivity index (χ0v) is 13.7. The van der Waals surface area contributed by atoms with Gasteiger partial charge in [-0.1, -0.05) is 0 Å². The molecule has 4 atom stereocenters. The highest BCUT2D eigenvalue weighted by Crippen LogP contribution is 2.35. The maximum atomic E-state index is 12.7. The summed E-state index contributed by atoms with van der Waals surface area (Å²) in [7, 11) is 1.37. The molecule has 5 nitrogen and oxygen atoms in total. The van der Waals surface area contributed by atoms with Crippen molar-refractivity contribution in [2.75, 3.05) is 7.11 Å². The minimum absolute atomic E-state index is 0.0148. The van der Waals surface area contributed by atoms with Gasteiger partial charge in [0.25, 0.3) is 0 Å². The largest absolute Gasteiger partial charge is 0.467 e. The zero-order valence-electron chi connectivity index (χ0n) is 12.9. The van der Waals surface area contributed by atoms with Crippen LogP contribution in [0.5, 0.6) is 0 Å². The fraction of sp³-hybridized carbons (Fsp3) is 0.625. The maximum Gasteiger partial charge on any atom is 0.335 e. The van der Waals surface area contributed by atoms with E-state index in [2.05, 4.69) is 6.92 Å². The van der Waals surface area contributed by atoms with Gasteiger partial charge in [0, 0.05) is 12.5 Å². The molecule has 1 amide bonds. The summed E-state index contributed by atoms with van der Waals surface area (Å²) < 4.78 is 10.6. The lowest BCUT2D eigenvalue weighted by Gasteiger charge is -2.41. The van der Waals surface area contributed by atoms with Gasteiger partial charge in [-0.2, -0.15) is 11.3 Å². The molecule has 1 aromatic heterocycles. The number of nitrogens with zero attached hydrogens (tertiary/aromatic N) is 1. The summed E-state index contributed by atoms with van der Waals surface area (Å²) in [6, 6.07) is 2.16. The molecule has 0 N–H and O–H groups in total. The molecule has 120 valence electrons. The highest BCUT2D eigenvalue weighted by atomic mass is 32.1. The molecule has 6 heteroatoms. The molecule has 1 aromatic rings. The number of amides is 1. The van der Waals surface area contributed by atoms with Gasteiger partial charge in [-0.05, 0) is 42.2 Å². The van der Waals surface area contributed by atoms with Crippen molar-refractivity contribution in [2.45, 2.75) is 56.9 Å². The molecule has 0 bridgehead atoms. The highest BCUT2D eigenvalue weighted by Gasteiger charge is 2.47. The highest BCUT2D eigenvalue weighted by molar-refractivity contribution is 7.07. The number of esters is 1. The fourth-order valence-corrected chi connectivity index (χ4v) is 4.19. The van der Waals surface area contributed by atoms with Gasteiger partial charge in [0.2, 0.25) is 5.91 Å². The number of thiophene rings is 1. The van der Waals surface area contributed by atoms with Gasteiger partial charge < -0.3 is 14.4 Å². The summed E-state index contributed by atoms with van der Waals surface area (Å²) in [5, 5.41) is 3.99. The summed E-state index contributed by atoms with van der Waals surface area (Å²) >= 11 is 1.60. The third-order valence-electron chi connectivity index (χ3n) is 4.61. The van der Waals surface area contributed by atoms with Gasteiger partial charge in [-0.25, -0.2) is 4.79 Å². The predicted molar refractivity (Wildman–Crippen MR) is 82.6 cm³/mol. The van der Waals surface area contributed by atoms with Crippen molar-refractivity contribution in [3.05, 3.63) is 22.4 Å².